The van der Waals surface area contributed by atoms with Crippen LogP contribution in [0.4, 0.5) is 11.4 Å². The second-order valence-corrected chi connectivity index (χ2v) is 7.07. The zero-order chi connectivity index (χ0) is 22.0. The smallest absolute Gasteiger partial charge is 0.318 e. The Morgan fingerprint density at radius 1 is 0.967 bits per heavy atom. The van der Waals surface area contributed by atoms with Gasteiger partial charge in [-0.05, 0) is 42.6 Å². The van der Waals surface area contributed by atoms with E-state index in [-0.39, 0.29) is 27.7 Å². The van der Waals surface area contributed by atoms with Crippen LogP contribution in [0.1, 0.15) is 5.56 Å². The lowest BCUT2D eigenvalue weighted by Gasteiger charge is -2.17. The number of halogens is 1. The maximum atomic E-state index is 12.1. The van der Waals surface area contributed by atoms with Crippen molar-refractivity contribution in [3.8, 4) is 11.5 Å². The summed E-state index contributed by atoms with van der Waals surface area (Å²) >= 11 is 8.00. The van der Waals surface area contributed by atoms with E-state index in [2.05, 4.69) is 26.6 Å². The van der Waals surface area contributed by atoms with Crippen molar-refractivity contribution in [3.05, 3.63) is 72.2 Å². The summed E-state index contributed by atoms with van der Waals surface area (Å²) in [6.45, 7) is 0. The molecule has 0 spiro atoms. The quantitative estimate of drug-likeness (QED) is 0.212. The molecule has 0 saturated carbocycles. The van der Waals surface area contributed by atoms with Gasteiger partial charge in [0.1, 0.15) is 11.3 Å². The number of hydrogen-bond donors (Lipinski definition) is 2. The fraction of sp³-hybridized carbons (Fsp3) is 0. The Morgan fingerprint density at radius 3 is 2.20 bits per heavy atom. The van der Waals surface area contributed by atoms with E-state index in [4.69, 9.17) is 17.0 Å². The van der Waals surface area contributed by atoms with Crippen molar-refractivity contribution in [2.24, 2.45) is 0 Å². The summed E-state index contributed by atoms with van der Waals surface area (Å²) in [5.41, 5.74) is -1.11. The molecule has 152 valence electrons. The van der Waals surface area contributed by atoms with Crippen LogP contribution >= 0.6 is 28.1 Å². The molecule has 0 atom stereocenters. The number of nitrogens with zero attached hydrogens (tertiary/aromatic N) is 2. The van der Waals surface area contributed by atoms with Gasteiger partial charge in [0, 0.05) is 16.1 Å². The van der Waals surface area contributed by atoms with Gasteiger partial charge in [-0.15, -0.1) is 0 Å². The van der Waals surface area contributed by atoms with Gasteiger partial charge in [-0.1, -0.05) is 15.9 Å². The number of non-ortho nitro benzene ring substituents is 1. The third-order valence-corrected chi connectivity index (χ3v) is 4.48. The van der Waals surface area contributed by atoms with Crippen LogP contribution in [-0.2, 0) is 9.59 Å². The van der Waals surface area contributed by atoms with Crippen LogP contribution in [-0.4, -0.2) is 26.8 Å². The average molecular weight is 493 g/mol. The summed E-state index contributed by atoms with van der Waals surface area (Å²) in [6, 6.07) is 7.47. The maximum absolute atomic E-state index is 12.1. The Hall–Kier alpha value is -3.71. The molecule has 3 rings (SSSR count). The van der Waals surface area contributed by atoms with E-state index in [1.165, 1.54) is 18.2 Å². The minimum absolute atomic E-state index is 0.0661. The molecule has 0 unspecified atom stereocenters. The first-order valence-corrected chi connectivity index (χ1v) is 9.14. The van der Waals surface area contributed by atoms with E-state index < -0.39 is 33.0 Å². The summed E-state index contributed by atoms with van der Waals surface area (Å²) in [6.07, 6.45) is 1.23. The monoisotopic (exact) mass is 492 g/mol. The lowest BCUT2D eigenvalue weighted by Crippen LogP contribution is -2.51. The molecule has 1 fully saturated rings. The van der Waals surface area contributed by atoms with Gasteiger partial charge in [-0.3, -0.25) is 40.5 Å². The SMILES string of the molecule is O=C1NC(=S)NC(=O)C1=Cc1cc(Br)ccc1Oc1ccc([N+](=O)[O-])cc1[N+](=O)[O-]. The molecule has 0 aromatic heterocycles. The number of amides is 2. The predicted octanol–water partition coefficient (Wildman–Crippen LogP) is 2.97. The van der Waals surface area contributed by atoms with E-state index in [0.717, 1.165) is 18.2 Å². The summed E-state index contributed by atoms with van der Waals surface area (Å²) in [4.78, 5) is 44.8. The number of hydrogen-bond acceptors (Lipinski definition) is 8. The Bertz CT molecular complexity index is 1140. The predicted molar refractivity (Wildman–Crippen MR) is 111 cm³/mol. The van der Waals surface area contributed by atoms with Crippen molar-refractivity contribution < 1.29 is 24.2 Å². The molecule has 13 heteroatoms. The highest BCUT2D eigenvalue weighted by molar-refractivity contribution is 9.10. The molecular formula is C17H9BrN4O7S. The van der Waals surface area contributed by atoms with Crippen LogP contribution in [0.25, 0.3) is 6.08 Å². The van der Waals surface area contributed by atoms with Gasteiger partial charge >= 0.3 is 5.69 Å². The van der Waals surface area contributed by atoms with E-state index in [9.17, 15) is 29.8 Å². The fourth-order valence-corrected chi connectivity index (χ4v) is 3.02. The molecule has 30 heavy (non-hydrogen) atoms. The van der Waals surface area contributed by atoms with Gasteiger partial charge in [-0.2, -0.15) is 0 Å². The highest BCUT2D eigenvalue weighted by Crippen LogP contribution is 2.37. The van der Waals surface area contributed by atoms with Gasteiger partial charge in [0.2, 0.25) is 5.75 Å². The van der Waals surface area contributed by atoms with Crippen molar-refractivity contribution in [2.75, 3.05) is 0 Å². The molecule has 1 aliphatic rings. The summed E-state index contributed by atoms with van der Waals surface area (Å²) < 4.78 is 6.18. The van der Waals surface area contributed by atoms with Crippen LogP contribution in [0, 0.1) is 20.2 Å². The zero-order valence-electron chi connectivity index (χ0n) is 14.6. The lowest BCUT2D eigenvalue weighted by atomic mass is 10.1. The second-order valence-electron chi connectivity index (χ2n) is 5.75. The molecule has 0 aliphatic carbocycles. The molecule has 11 nitrogen and oxygen atoms in total. The van der Waals surface area contributed by atoms with Crippen LogP contribution < -0.4 is 15.4 Å². The standard InChI is InChI=1S/C17H9BrN4O7S/c18-9-1-3-13(8(5-9)6-11-15(23)19-17(30)20-16(11)24)29-14-4-2-10(21(25)26)7-12(14)22(27)28/h1-7H,(H2,19,20,23,24,30). The molecule has 0 radical (unpaired) electrons. The molecule has 1 saturated heterocycles. The number of nitro benzene ring substituents is 2. The van der Waals surface area contributed by atoms with E-state index in [0.29, 0.717) is 4.47 Å². The third-order valence-electron chi connectivity index (χ3n) is 3.78. The van der Waals surface area contributed by atoms with E-state index in [1.54, 1.807) is 6.07 Å². The molecule has 2 aromatic rings. The largest absolute Gasteiger partial charge is 0.449 e. The lowest BCUT2D eigenvalue weighted by molar-refractivity contribution is -0.394. The molecule has 2 amide bonds. The Morgan fingerprint density at radius 2 is 1.60 bits per heavy atom. The summed E-state index contributed by atoms with van der Waals surface area (Å²) in [7, 11) is 0. The Labute approximate surface area is 181 Å². The topological polar surface area (TPSA) is 154 Å². The summed E-state index contributed by atoms with van der Waals surface area (Å²) in [5, 5.41) is 26.7. The zero-order valence-corrected chi connectivity index (χ0v) is 17.0. The van der Waals surface area contributed by atoms with Gasteiger partial charge in [0.05, 0.1) is 15.9 Å². The maximum Gasteiger partial charge on any atom is 0.318 e. The highest BCUT2D eigenvalue weighted by Gasteiger charge is 2.27. The third kappa shape index (κ3) is 4.47. The van der Waals surface area contributed by atoms with Crippen LogP contribution in [0.3, 0.4) is 0 Å². The molecule has 0 bridgehead atoms. The van der Waals surface area contributed by atoms with E-state index >= 15 is 0 Å². The van der Waals surface area contributed by atoms with Gasteiger partial charge < -0.3 is 4.74 Å². The first-order chi connectivity index (χ1) is 14.2. The molecule has 2 aromatic carbocycles. The van der Waals surface area contributed by atoms with Crippen molar-refractivity contribution >= 4 is 62.5 Å². The Kier molecular flexibility index (Phi) is 5.84. The fourth-order valence-electron chi connectivity index (χ4n) is 2.45. The number of rotatable bonds is 5. The van der Waals surface area contributed by atoms with Crippen molar-refractivity contribution in [1.29, 1.82) is 0 Å². The first kappa shape index (κ1) is 21.0. The van der Waals surface area contributed by atoms with Crippen molar-refractivity contribution in [2.45, 2.75) is 0 Å². The van der Waals surface area contributed by atoms with Gasteiger partial charge in [0.15, 0.2) is 5.11 Å². The second kappa shape index (κ2) is 8.34. The van der Waals surface area contributed by atoms with E-state index in [1.807, 2.05) is 0 Å². The number of benzene rings is 2. The minimum atomic E-state index is -0.817. The average Bonchev–Trinajstić information content (AvgIpc) is 2.66. The van der Waals surface area contributed by atoms with Crippen molar-refractivity contribution in [1.82, 2.24) is 10.6 Å². The van der Waals surface area contributed by atoms with Crippen LogP contribution in [0.15, 0.2) is 46.4 Å². The Balaban J connectivity index is 2.05. The number of carbonyl (C=O) groups is 2. The molecular weight excluding hydrogens is 484 g/mol. The normalized spacial score (nSPS) is 13.4. The van der Waals surface area contributed by atoms with Crippen molar-refractivity contribution in [3.63, 3.8) is 0 Å². The number of carbonyl (C=O) groups excluding carboxylic acids is 2. The minimum Gasteiger partial charge on any atom is -0.449 e. The molecule has 2 N–H and O–H groups in total. The van der Waals surface area contributed by atoms with Crippen LogP contribution in [0.2, 0.25) is 0 Å². The first-order valence-electron chi connectivity index (χ1n) is 7.94. The summed E-state index contributed by atoms with van der Waals surface area (Å²) in [5.74, 6) is -1.64. The number of ether oxygens (including phenoxy) is 1. The number of nitro groups is 2. The highest BCUT2D eigenvalue weighted by atomic mass is 79.9. The molecule has 1 heterocycles. The van der Waals surface area contributed by atoms with Gasteiger partial charge in [-0.25, -0.2) is 0 Å². The van der Waals surface area contributed by atoms with Crippen LogP contribution in [0.5, 0.6) is 11.5 Å². The molecule has 1 aliphatic heterocycles. The number of nitrogens with one attached hydrogen (secondary N) is 2. The number of thiocarbonyl (C=S) groups is 1. The van der Waals surface area contributed by atoms with Gasteiger partial charge in [0.25, 0.3) is 17.5 Å².